The molecule has 1 amide bonds. The van der Waals surface area contributed by atoms with Crippen LogP contribution < -0.4 is 4.90 Å². The van der Waals surface area contributed by atoms with Crippen molar-refractivity contribution in [2.75, 3.05) is 4.90 Å². The Morgan fingerprint density at radius 3 is 2.39 bits per heavy atom. The number of hydrogen-bond acceptors (Lipinski definition) is 4. The quantitative estimate of drug-likeness (QED) is 0.476. The average molecular weight is 475 g/mol. The first-order chi connectivity index (χ1) is 15.1. The van der Waals surface area contributed by atoms with Gasteiger partial charge in [0.1, 0.15) is 5.69 Å². The first-order valence-corrected chi connectivity index (χ1v) is 10.7. The predicted octanol–water partition coefficient (Wildman–Crippen LogP) is 3.87. The van der Waals surface area contributed by atoms with Gasteiger partial charge >= 0.3 is 0 Å². The smallest absolute Gasteiger partial charge is 0.268 e. The van der Waals surface area contributed by atoms with Crippen LogP contribution in [0.4, 0.5) is 5.69 Å². The molecule has 1 unspecified atom stereocenters. The number of nitrogens with zero attached hydrogens (tertiary/aromatic N) is 4. The van der Waals surface area contributed by atoms with E-state index in [0.29, 0.717) is 29.1 Å². The number of para-hydroxylation sites is 1. The standard InChI is InChI=1S/C24H19BrN4O2/c25-19-12-10-18(11-13-19)24(31)21-8-4-5-9-22(21)29(23(24)30)16-20-15-28(27-26-20)14-17-6-2-1-3-7-17/h1-13,15,31H,14,16H2. The average Bonchev–Trinajstić information content (AvgIpc) is 3.32. The Morgan fingerprint density at radius 1 is 0.903 bits per heavy atom. The summed E-state index contributed by atoms with van der Waals surface area (Å²) in [4.78, 5) is 15.1. The van der Waals surface area contributed by atoms with Gasteiger partial charge in [-0.15, -0.1) is 5.10 Å². The second-order valence-corrected chi connectivity index (χ2v) is 8.43. The van der Waals surface area contributed by atoms with Gasteiger partial charge in [0.05, 0.1) is 25.0 Å². The van der Waals surface area contributed by atoms with Gasteiger partial charge in [-0.2, -0.15) is 0 Å². The zero-order valence-corrected chi connectivity index (χ0v) is 18.1. The van der Waals surface area contributed by atoms with Gasteiger partial charge in [0.25, 0.3) is 5.91 Å². The molecule has 6 nitrogen and oxygen atoms in total. The van der Waals surface area contributed by atoms with Crippen molar-refractivity contribution in [3.63, 3.8) is 0 Å². The summed E-state index contributed by atoms with van der Waals surface area (Å²) in [5.74, 6) is -0.395. The molecule has 1 N–H and O–H groups in total. The number of aromatic nitrogens is 3. The number of hydrogen-bond donors (Lipinski definition) is 1. The van der Waals surface area contributed by atoms with Crippen LogP contribution in [0, 0.1) is 0 Å². The van der Waals surface area contributed by atoms with Crippen molar-refractivity contribution in [1.29, 1.82) is 0 Å². The number of carbonyl (C=O) groups is 1. The van der Waals surface area contributed by atoms with E-state index in [1.165, 1.54) is 0 Å². The number of amides is 1. The molecule has 2 heterocycles. The van der Waals surface area contributed by atoms with Crippen LogP contribution in [-0.2, 0) is 23.5 Å². The highest BCUT2D eigenvalue weighted by atomic mass is 79.9. The molecule has 3 aromatic carbocycles. The van der Waals surface area contributed by atoms with Crippen LogP contribution in [0.5, 0.6) is 0 Å². The van der Waals surface area contributed by atoms with E-state index in [9.17, 15) is 9.90 Å². The highest BCUT2D eigenvalue weighted by Gasteiger charge is 2.51. The number of carbonyl (C=O) groups excluding carboxylic acids is 1. The van der Waals surface area contributed by atoms with E-state index in [-0.39, 0.29) is 6.54 Å². The summed E-state index contributed by atoms with van der Waals surface area (Å²) in [6.45, 7) is 0.824. The molecule has 1 aromatic heterocycles. The maximum atomic E-state index is 13.5. The van der Waals surface area contributed by atoms with E-state index in [4.69, 9.17) is 0 Å². The van der Waals surface area contributed by atoms with Crippen LogP contribution in [0.3, 0.4) is 0 Å². The first-order valence-electron chi connectivity index (χ1n) is 9.88. The molecule has 0 saturated carbocycles. The summed E-state index contributed by atoms with van der Waals surface area (Å²) < 4.78 is 2.63. The topological polar surface area (TPSA) is 71.2 Å². The summed E-state index contributed by atoms with van der Waals surface area (Å²) in [6.07, 6.45) is 1.83. The summed E-state index contributed by atoms with van der Waals surface area (Å²) in [5, 5.41) is 20.0. The minimum atomic E-state index is -1.74. The van der Waals surface area contributed by atoms with E-state index in [1.54, 1.807) is 27.8 Å². The zero-order chi connectivity index (χ0) is 21.4. The summed E-state index contributed by atoms with van der Waals surface area (Å²) in [5.41, 5.74) is 1.81. The van der Waals surface area contributed by atoms with Gasteiger partial charge in [-0.25, -0.2) is 4.68 Å². The van der Waals surface area contributed by atoms with Gasteiger partial charge in [-0.3, -0.25) is 4.79 Å². The second-order valence-electron chi connectivity index (χ2n) is 7.52. The lowest BCUT2D eigenvalue weighted by atomic mass is 9.88. The number of rotatable bonds is 5. The van der Waals surface area contributed by atoms with Crippen LogP contribution in [-0.4, -0.2) is 26.0 Å². The summed E-state index contributed by atoms with van der Waals surface area (Å²) in [7, 11) is 0. The highest BCUT2D eigenvalue weighted by Crippen LogP contribution is 2.44. The highest BCUT2D eigenvalue weighted by molar-refractivity contribution is 9.10. The van der Waals surface area contributed by atoms with Crippen LogP contribution in [0.15, 0.2) is 89.5 Å². The fourth-order valence-electron chi connectivity index (χ4n) is 3.98. The zero-order valence-electron chi connectivity index (χ0n) is 16.5. The van der Waals surface area contributed by atoms with Gasteiger partial charge in [-0.1, -0.05) is 81.8 Å². The monoisotopic (exact) mass is 474 g/mol. The van der Waals surface area contributed by atoms with E-state index in [1.807, 2.05) is 66.9 Å². The minimum Gasteiger partial charge on any atom is -0.372 e. The number of fused-ring (bicyclic) bond motifs is 1. The van der Waals surface area contributed by atoms with E-state index in [2.05, 4.69) is 26.2 Å². The van der Waals surface area contributed by atoms with Gasteiger partial charge in [0.15, 0.2) is 5.60 Å². The summed E-state index contributed by atoms with van der Waals surface area (Å²) in [6, 6.07) is 24.5. The minimum absolute atomic E-state index is 0.226. The van der Waals surface area contributed by atoms with E-state index < -0.39 is 11.5 Å². The lowest BCUT2D eigenvalue weighted by Gasteiger charge is -2.23. The molecule has 31 heavy (non-hydrogen) atoms. The largest absolute Gasteiger partial charge is 0.372 e. The van der Waals surface area contributed by atoms with Crippen LogP contribution in [0.2, 0.25) is 0 Å². The number of benzene rings is 3. The van der Waals surface area contributed by atoms with Gasteiger partial charge < -0.3 is 10.0 Å². The van der Waals surface area contributed by atoms with Crippen molar-refractivity contribution < 1.29 is 9.90 Å². The third kappa shape index (κ3) is 3.45. The molecule has 1 atom stereocenters. The Labute approximate surface area is 187 Å². The van der Waals surface area contributed by atoms with E-state index >= 15 is 0 Å². The lowest BCUT2D eigenvalue weighted by molar-refractivity contribution is -0.132. The first kappa shape index (κ1) is 19.7. The molecule has 5 rings (SSSR count). The maximum absolute atomic E-state index is 13.5. The Balaban J connectivity index is 1.45. The molecule has 0 aliphatic carbocycles. The molecule has 7 heteroatoms. The van der Waals surface area contributed by atoms with Crippen molar-refractivity contribution in [2.24, 2.45) is 0 Å². The van der Waals surface area contributed by atoms with Crippen molar-refractivity contribution in [2.45, 2.75) is 18.7 Å². The molecule has 0 fully saturated rings. The number of anilines is 1. The van der Waals surface area contributed by atoms with Crippen molar-refractivity contribution in [1.82, 2.24) is 15.0 Å². The molecule has 4 aromatic rings. The molecular formula is C24H19BrN4O2. The molecule has 0 spiro atoms. The van der Waals surface area contributed by atoms with Gasteiger partial charge in [-0.05, 0) is 29.3 Å². The third-order valence-corrected chi connectivity index (χ3v) is 6.02. The molecule has 1 aliphatic heterocycles. The lowest BCUT2D eigenvalue weighted by Crippen LogP contribution is -2.40. The second kappa shape index (κ2) is 7.76. The molecule has 0 radical (unpaired) electrons. The predicted molar refractivity (Wildman–Crippen MR) is 120 cm³/mol. The van der Waals surface area contributed by atoms with Crippen LogP contribution >= 0.6 is 15.9 Å². The molecule has 0 bridgehead atoms. The fraction of sp³-hybridized carbons (Fsp3) is 0.125. The van der Waals surface area contributed by atoms with Crippen molar-refractivity contribution in [3.8, 4) is 0 Å². The SMILES string of the molecule is O=C1N(Cc2cn(Cc3ccccc3)nn2)c2ccccc2C1(O)c1ccc(Br)cc1. The maximum Gasteiger partial charge on any atom is 0.268 e. The van der Waals surface area contributed by atoms with Crippen molar-refractivity contribution >= 4 is 27.5 Å². The Hall–Kier alpha value is -3.29. The Morgan fingerprint density at radius 2 is 1.61 bits per heavy atom. The number of halogens is 1. The fourth-order valence-corrected chi connectivity index (χ4v) is 4.25. The van der Waals surface area contributed by atoms with Crippen LogP contribution in [0.25, 0.3) is 0 Å². The van der Waals surface area contributed by atoms with E-state index in [0.717, 1.165) is 10.0 Å². The van der Waals surface area contributed by atoms with Crippen molar-refractivity contribution in [3.05, 3.63) is 112 Å². The van der Waals surface area contributed by atoms with Gasteiger partial charge in [0, 0.05) is 10.0 Å². The third-order valence-electron chi connectivity index (χ3n) is 5.49. The summed E-state index contributed by atoms with van der Waals surface area (Å²) >= 11 is 3.41. The molecule has 154 valence electrons. The van der Waals surface area contributed by atoms with Gasteiger partial charge in [0.2, 0.25) is 0 Å². The Bertz CT molecular complexity index is 1240. The Kier molecular flexibility index (Phi) is 4.92. The molecule has 1 aliphatic rings. The van der Waals surface area contributed by atoms with Crippen LogP contribution in [0.1, 0.15) is 22.4 Å². The normalized spacial score (nSPS) is 17.7. The molecule has 0 saturated heterocycles. The number of aliphatic hydroxyl groups is 1. The molecular weight excluding hydrogens is 456 g/mol.